The number of carbonyl (C=O) groups excluding carboxylic acids is 3. The van der Waals surface area contributed by atoms with Crippen molar-refractivity contribution in [3.63, 3.8) is 0 Å². The summed E-state index contributed by atoms with van der Waals surface area (Å²) in [6.45, 7) is 3.31. The van der Waals surface area contributed by atoms with Crippen molar-refractivity contribution in [2.24, 2.45) is 5.92 Å². The molecule has 0 saturated heterocycles. The molecule has 188 valence electrons. The van der Waals surface area contributed by atoms with E-state index in [2.05, 4.69) is 16.7 Å². The van der Waals surface area contributed by atoms with E-state index in [0.29, 0.717) is 37.1 Å². The van der Waals surface area contributed by atoms with E-state index in [9.17, 15) is 14.4 Å². The van der Waals surface area contributed by atoms with Gasteiger partial charge in [-0.3, -0.25) is 9.59 Å². The maximum Gasteiger partial charge on any atom is 0.314 e. The van der Waals surface area contributed by atoms with Gasteiger partial charge >= 0.3 is 6.03 Å². The van der Waals surface area contributed by atoms with Gasteiger partial charge in [-0.15, -0.1) is 0 Å². The van der Waals surface area contributed by atoms with E-state index in [0.717, 1.165) is 34.5 Å². The third-order valence-electron chi connectivity index (χ3n) is 6.98. The molecule has 1 aliphatic carbocycles. The van der Waals surface area contributed by atoms with Crippen LogP contribution in [0.5, 0.6) is 0 Å². The van der Waals surface area contributed by atoms with Gasteiger partial charge in [0, 0.05) is 30.3 Å². The Balaban J connectivity index is 1.50. The minimum absolute atomic E-state index is 0.0649. The molecule has 1 unspecified atom stereocenters. The van der Waals surface area contributed by atoms with Gasteiger partial charge in [0.2, 0.25) is 0 Å². The van der Waals surface area contributed by atoms with Crippen molar-refractivity contribution in [3.05, 3.63) is 101 Å². The van der Waals surface area contributed by atoms with E-state index in [4.69, 9.17) is 0 Å². The van der Waals surface area contributed by atoms with E-state index in [-0.39, 0.29) is 30.1 Å². The van der Waals surface area contributed by atoms with Crippen LogP contribution in [0, 0.1) is 5.92 Å². The predicted octanol–water partition coefficient (Wildman–Crippen LogP) is 5.56. The number of fused-ring (bicyclic) bond motifs is 3. The fraction of sp³-hybridized carbons (Fsp3) is 0.258. The largest absolute Gasteiger partial charge is 0.338 e. The van der Waals surface area contributed by atoms with Crippen molar-refractivity contribution in [1.82, 2.24) is 10.6 Å². The molecule has 6 heteroatoms. The van der Waals surface area contributed by atoms with Crippen LogP contribution in [0.4, 0.5) is 16.2 Å². The smallest absolute Gasteiger partial charge is 0.314 e. The summed E-state index contributed by atoms with van der Waals surface area (Å²) in [7, 11) is 0. The Labute approximate surface area is 217 Å². The lowest BCUT2D eigenvalue weighted by atomic mass is 9.78. The molecule has 6 nitrogen and oxygen atoms in total. The number of hydrogen-bond donors (Lipinski definition) is 2. The number of nitrogens with one attached hydrogen (secondary N) is 2. The third-order valence-corrected chi connectivity index (χ3v) is 6.98. The van der Waals surface area contributed by atoms with Crippen molar-refractivity contribution in [3.8, 4) is 0 Å². The van der Waals surface area contributed by atoms with Gasteiger partial charge in [0.15, 0.2) is 11.6 Å². The number of anilines is 2. The maximum absolute atomic E-state index is 13.4. The van der Waals surface area contributed by atoms with Crippen molar-refractivity contribution >= 4 is 34.5 Å². The SMILES string of the molecule is CCCNC(=O)NCCC1=CC(C(=O)c2ccccc2)Cc2ccc3c(c21)C(=O)CN3c1ccccc1. The van der Waals surface area contributed by atoms with E-state index in [1.165, 1.54) is 0 Å². The fourth-order valence-corrected chi connectivity index (χ4v) is 5.25. The van der Waals surface area contributed by atoms with Gasteiger partial charge in [0.05, 0.1) is 17.8 Å². The highest BCUT2D eigenvalue weighted by atomic mass is 16.2. The molecule has 0 spiro atoms. The molecule has 1 atom stereocenters. The Kier molecular flexibility index (Phi) is 7.17. The summed E-state index contributed by atoms with van der Waals surface area (Å²) in [6.07, 6.45) is 3.95. The number of nitrogens with zero attached hydrogens (tertiary/aromatic N) is 1. The van der Waals surface area contributed by atoms with Crippen LogP contribution >= 0.6 is 0 Å². The molecule has 0 saturated carbocycles. The van der Waals surface area contributed by atoms with Crippen LogP contribution in [0.1, 0.15) is 51.6 Å². The van der Waals surface area contributed by atoms with Gasteiger partial charge < -0.3 is 15.5 Å². The summed E-state index contributed by atoms with van der Waals surface area (Å²) in [5, 5.41) is 5.74. The van der Waals surface area contributed by atoms with E-state index in [1.807, 2.05) is 84.6 Å². The first-order valence-electron chi connectivity index (χ1n) is 12.9. The average Bonchev–Trinajstić information content (AvgIpc) is 3.28. The third kappa shape index (κ3) is 5.05. The molecule has 3 aromatic carbocycles. The van der Waals surface area contributed by atoms with Crippen LogP contribution in [0.3, 0.4) is 0 Å². The molecule has 0 fully saturated rings. The Bertz CT molecular complexity index is 1350. The second-order valence-electron chi connectivity index (χ2n) is 9.50. The van der Waals surface area contributed by atoms with Gasteiger partial charge in [-0.1, -0.05) is 67.6 Å². The Morgan fingerprint density at radius 3 is 2.32 bits per heavy atom. The number of urea groups is 1. The van der Waals surface area contributed by atoms with Crippen LogP contribution in [-0.2, 0) is 6.42 Å². The Morgan fingerprint density at radius 2 is 1.59 bits per heavy atom. The first-order chi connectivity index (χ1) is 18.1. The zero-order valence-corrected chi connectivity index (χ0v) is 21.0. The monoisotopic (exact) mass is 493 g/mol. The molecule has 0 bridgehead atoms. The summed E-state index contributed by atoms with van der Waals surface area (Å²) >= 11 is 0. The second-order valence-corrected chi connectivity index (χ2v) is 9.50. The molecule has 37 heavy (non-hydrogen) atoms. The molecule has 0 radical (unpaired) electrons. The van der Waals surface area contributed by atoms with Crippen LogP contribution in [0.25, 0.3) is 5.57 Å². The fourth-order valence-electron chi connectivity index (χ4n) is 5.25. The van der Waals surface area contributed by atoms with Crippen LogP contribution in [0.2, 0.25) is 0 Å². The molecule has 2 aliphatic rings. The van der Waals surface area contributed by atoms with Crippen molar-refractivity contribution in [2.75, 3.05) is 24.5 Å². The average molecular weight is 494 g/mol. The highest BCUT2D eigenvalue weighted by Gasteiger charge is 2.35. The summed E-state index contributed by atoms with van der Waals surface area (Å²) in [5.74, 6) is -0.183. The maximum atomic E-state index is 13.4. The standard InChI is InChI=1S/C31H31N3O3/c1-2-16-32-31(37)33-17-15-23-19-24(30(36)21-9-5-3-6-10-21)18-22-13-14-26-29(28(22)23)27(35)20-34(26)25-11-7-4-8-12-25/h3-14,19,24H,2,15-18,20H2,1H3,(H2,32,33,37). The zero-order chi connectivity index (χ0) is 25.8. The number of rotatable bonds is 8. The number of allylic oxidation sites excluding steroid dienone is 1. The zero-order valence-electron chi connectivity index (χ0n) is 21.0. The normalized spacial score (nSPS) is 16.0. The van der Waals surface area contributed by atoms with Gasteiger partial charge in [-0.25, -0.2) is 4.79 Å². The summed E-state index contributed by atoms with van der Waals surface area (Å²) < 4.78 is 0. The molecule has 2 amide bonds. The van der Waals surface area contributed by atoms with Crippen molar-refractivity contribution in [1.29, 1.82) is 0 Å². The summed E-state index contributed by atoms with van der Waals surface area (Å²) in [6, 6.07) is 23.1. The highest BCUT2D eigenvalue weighted by Crippen LogP contribution is 2.43. The quantitative estimate of drug-likeness (QED) is 0.403. The number of Topliss-reactive ketones (excluding diaryl/α,β-unsaturated/α-hetero) is 2. The van der Waals surface area contributed by atoms with Gasteiger partial charge in [-0.2, -0.15) is 0 Å². The molecule has 2 N–H and O–H groups in total. The molecular formula is C31H31N3O3. The first-order valence-corrected chi connectivity index (χ1v) is 12.9. The van der Waals surface area contributed by atoms with Crippen molar-refractivity contribution < 1.29 is 14.4 Å². The minimum Gasteiger partial charge on any atom is -0.338 e. The molecule has 1 aliphatic heterocycles. The Hall–Kier alpha value is -4.19. The number of carbonyl (C=O) groups is 3. The van der Waals surface area contributed by atoms with E-state index < -0.39 is 0 Å². The number of benzene rings is 3. The van der Waals surface area contributed by atoms with E-state index >= 15 is 0 Å². The van der Waals surface area contributed by atoms with Gasteiger partial charge in [0.25, 0.3) is 0 Å². The Morgan fingerprint density at radius 1 is 0.892 bits per heavy atom. The molecule has 1 heterocycles. The summed E-state index contributed by atoms with van der Waals surface area (Å²) in [5.41, 5.74) is 6.12. The van der Waals surface area contributed by atoms with Gasteiger partial charge in [-0.05, 0) is 54.2 Å². The number of amides is 2. The number of ketones is 2. The lowest BCUT2D eigenvalue weighted by Crippen LogP contribution is -2.36. The topological polar surface area (TPSA) is 78.5 Å². The number of hydrogen-bond acceptors (Lipinski definition) is 4. The second kappa shape index (κ2) is 10.8. The molecule has 0 aromatic heterocycles. The van der Waals surface area contributed by atoms with Gasteiger partial charge in [0.1, 0.15) is 0 Å². The summed E-state index contributed by atoms with van der Waals surface area (Å²) in [4.78, 5) is 41.0. The number of para-hydroxylation sites is 1. The van der Waals surface area contributed by atoms with Crippen LogP contribution < -0.4 is 15.5 Å². The molecule has 5 rings (SSSR count). The highest BCUT2D eigenvalue weighted by molar-refractivity contribution is 6.14. The molecule has 3 aromatic rings. The predicted molar refractivity (Wildman–Crippen MR) is 146 cm³/mol. The van der Waals surface area contributed by atoms with Crippen LogP contribution in [-0.4, -0.2) is 37.2 Å². The minimum atomic E-state index is -0.321. The van der Waals surface area contributed by atoms with E-state index in [1.54, 1.807) is 0 Å². The molecular weight excluding hydrogens is 462 g/mol. The lowest BCUT2D eigenvalue weighted by Gasteiger charge is -2.27. The van der Waals surface area contributed by atoms with Crippen molar-refractivity contribution in [2.45, 2.75) is 26.2 Å². The first kappa shape index (κ1) is 24.5. The van der Waals surface area contributed by atoms with Crippen LogP contribution in [0.15, 0.2) is 78.9 Å². The lowest BCUT2D eigenvalue weighted by molar-refractivity contribution is 0.0943.